The SMILES string of the molecule is Nc1ccc(C(=O)N2CCC3(CCC(=O)N(C4CC4)C3)CC2)cn1. The Labute approximate surface area is 142 Å². The van der Waals surface area contributed by atoms with Crippen LogP contribution in [-0.4, -0.2) is 52.3 Å². The van der Waals surface area contributed by atoms with Gasteiger partial charge in [0.25, 0.3) is 5.91 Å². The second-order valence-electron chi connectivity index (χ2n) is 7.52. The standard InChI is InChI=1S/C18H24N4O2/c19-15-4-1-13(11-20-15)17(24)21-9-7-18(8-10-21)6-5-16(23)22(12-18)14-2-3-14/h1,4,11,14H,2-3,5-10,12H2,(H2,19,20). The summed E-state index contributed by atoms with van der Waals surface area (Å²) in [4.78, 5) is 32.8. The molecule has 24 heavy (non-hydrogen) atoms. The number of rotatable bonds is 2. The molecule has 3 aliphatic rings. The smallest absolute Gasteiger partial charge is 0.255 e. The van der Waals surface area contributed by atoms with Crippen molar-refractivity contribution in [3.63, 3.8) is 0 Å². The topological polar surface area (TPSA) is 79.5 Å². The van der Waals surface area contributed by atoms with Crippen molar-refractivity contribution in [1.29, 1.82) is 0 Å². The largest absolute Gasteiger partial charge is 0.384 e. The molecule has 3 heterocycles. The van der Waals surface area contributed by atoms with Crippen molar-refractivity contribution in [2.75, 3.05) is 25.4 Å². The highest BCUT2D eigenvalue weighted by atomic mass is 16.2. The summed E-state index contributed by atoms with van der Waals surface area (Å²) < 4.78 is 0. The normalized spacial score (nSPS) is 23.6. The number of carbonyl (C=O) groups is 2. The number of carbonyl (C=O) groups excluding carboxylic acids is 2. The third-order valence-electron chi connectivity index (χ3n) is 5.83. The van der Waals surface area contributed by atoms with E-state index in [2.05, 4.69) is 9.88 Å². The summed E-state index contributed by atoms with van der Waals surface area (Å²) in [6.45, 7) is 2.41. The molecule has 2 N–H and O–H groups in total. The first-order chi connectivity index (χ1) is 11.6. The van der Waals surface area contributed by atoms with Gasteiger partial charge in [0.15, 0.2) is 0 Å². The fraction of sp³-hybridized carbons (Fsp3) is 0.611. The quantitative estimate of drug-likeness (QED) is 0.895. The molecule has 1 aliphatic carbocycles. The fourth-order valence-corrected chi connectivity index (χ4v) is 4.07. The number of anilines is 1. The molecule has 1 aromatic heterocycles. The molecule has 128 valence electrons. The molecule has 1 saturated carbocycles. The zero-order valence-corrected chi connectivity index (χ0v) is 13.9. The van der Waals surface area contributed by atoms with E-state index < -0.39 is 0 Å². The van der Waals surface area contributed by atoms with E-state index in [1.807, 2.05) is 4.90 Å². The molecule has 0 bridgehead atoms. The monoisotopic (exact) mass is 328 g/mol. The Bertz CT molecular complexity index is 645. The molecule has 0 aromatic carbocycles. The van der Waals surface area contributed by atoms with Crippen LogP contribution in [0.2, 0.25) is 0 Å². The highest BCUT2D eigenvalue weighted by Crippen LogP contribution is 2.43. The minimum atomic E-state index is 0.0308. The summed E-state index contributed by atoms with van der Waals surface area (Å²) in [5, 5.41) is 0. The molecule has 6 nitrogen and oxygen atoms in total. The third kappa shape index (κ3) is 2.85. The Morgan fingerprint density at radius 3 is 2.58 bits per heavy atom. The maximum Gasteiger partial charge on any atom is 0.255 e. The number of aromatic nitrogens is 1. The van der Waals surface area contributed by atoms with Gasteiger partial charge in [0.05, 0.1) is 5.56 Å². The van der Waals surface area contributed by atoms with E-state index in [4.69, 9.17) is 5.73 Å². The van der Waals surface area contributed by atoms with Crippen LogP contribution in [0.4, 0.5) is 5.82 Å². The van der Waals surface area contributed by atoms with Crippen LogP contribution in [0.1, 0.15) is 48.9 Å². The maximum absolute atomic E-state index is 12.6. The number of pyridine rings is 1. The number of amides is 2. The van der Waals surface area contributed by atoms with E-state index >= 15 is 0 Å². The molecule has 0 unspecified atom stereocenters. The van der Waals surface area contributed by atoms with E-state index in [0.717, 1.165) is 51.7 Å². The number of hydrogen-bond acceptors (Lipinski definition) is 4. The van der Waals surface area contributed by atoms with Gasteiger partial charge in [-0.25, -0.2) is 4.98 Å². The Hall–Kier alpha value is -2.11. The Balaban J connectivity index is 1.40. The molecule has 4 rings (SSSR count). The molecule has 2 aliphatic heterocycles. The number of nitrogens with two attached hydrogens (primary N) is 1. The highest BCUT2D eigenvalue weighted by molar-refractivity contribution is 5.94. The van der Waals surface area contributed by atoms with Gasteiger partial charge in [0.1, 0.15) is 5.82 Å². The third-order valence-corrected chi connectivity index (χ3v) is 5.83. The number of nitrogen functional groups attached to an aromatic ring is 1. The van der Waals surface area contributed by atoms with Crippen LogP contribution >= 0.6 is 0 Å². The molecule has 0 atom stereocenters. The van der Waals surface area contributed by atoms with Crippen molar-refractivity contribution in [1.82, 2.24) is 14.8 Å². The van der Waals surface area contributed by atoms with Crippen molar-refractivity contribution < 1.29 is 9.59 Å². The first-order valence-corrected chi connectivity index (χ1v) is 8.87. The second kappa shape index (κ2) is 5.76. The Kier molecular flexibility index (Phi) is 3.70. The van der Waals surface area contributed by atoms with Crippen molar-refractivity contribution >= 4 is 17.6 Å². The molecular formula is C18H24N4O2. The fourth-order valence-electron chi connectivity index (χ4n) is 4.07. The number of piperidine rings is 2. The number of likely N-dealkylation sites (tertiary alicyclic amines) is 2. The van der Waals surface area contributed by atoms with Gasteiger partial charge in [0.2, 0.25) is 5.91 Å². The predicted octanol–water partition coefficient (Wildman–Crippen LogP) is 1.67. The maximum atomic E-state index is 12.6. The highest BCUT2D eigenvalue weighted by Gasteiger charge is 2.45. The van der Waals surface area contributed by atoms with E-state index in [1.165, 1.54) is 0 Å². The number of nitrogens with zero attached hydrogens (tertiary/aromatic N) is 3. The lowest BCUT2D eigenvalue weighted by Crippen LogP contribution is -2.52. The molecule has 3 fully saturated rings. The molecule has 1 aromatic rings. The van der Waals surface area contributed by atoms with Gasteiger partial charge in [-0.15, -0.1) is 0 Å². The van der Waals surface area contributed by atoms with Crippen LogP contribution < -0.4 is 5.73 Å². The first kappa shape index (κ1) is 15.4. The van der Waals surface area contributed by atoms with Crippen molar-refractivity contribution in [3.8, 4) is 0 Å². The molecule has 1 spiro atoms. The van der Waals surface area contributed by atoms with Gasteiger partial charge in [-0.2, -0.15) is 0 Å². The molecular weight excluding hydrogens is 304 g/mol. The molecule has 0 radical (unpaired) electrons. The van der Waals surface area contributed by atoms with E-state index in [0.29, 0.717) is 29.8 Å². The summed E-state index contributed by atoms with van der Waals surface area (Å²) in [5.41, 5.74) is 6.39. The van der Waals surface area contributed by atoms with Crippen LogP contribution in [0.5, 0.6) is 0 Å². The van der Waals surface area contributed by atoms with Gasteiger partial charge in [-0.05, 0) is 49.7 Å². The second-order valence-corrected chi connectivity index (χ2v) is 7.52. The first-order valence-electron chi connectivity index (χ1n) is 8.87. The average Bonchev–Trinajstić information content (AvgIpc) is 3.43. The van der Waals surface area contributed by atoms with Crippen LogP contribution in [0.3, 0.4) is 0 Å². The summed E-state index contributed by atoms with van der Waals surface area (Å²) >= 11 is 0. The summed E-state index contributed by atoms with van der Waals surface area (Å²) in [6, 6.07) is 3.90. The summed E-state index contributed by atoms with van der Waals surface area (Å²) in [5.74, 6) is 0.786. The van der Waals surface area contributed by atoms with E-state index in [1.54, 1.807) is 18.3 Å². The van der Waals surface area contributed by atoms with Crippen LogP contribution in [0, 0.1) is 5.41 Å². The van der Waals surface area contributed by atoms with Gasteiger partial charge < -0.3 is 15.5 Å². The van der Waals surface area contributed by atoms with Crippen molar-refractivity contribution in [3.05, 3.63) is 23.9 Å². The lowest BCUT2D eigenvalue weighted by atomic mass is 9.72. The van der Waals surface area contributed by atoms with Gasteiger partial charge in [-0.1, -0.05) is 0 Å². The minimum Gasteiger partial charge on any atom is -0.384 e. The van der Waals surface area contributed by atoms with E-state index in [-0.39, 0.29) is 11.3 Å². The van der Waals surface area contributed by atoms with E-state index in [9.17, 15) is 9.59 Å². The lowest BCUT2D eigenvalue weighted by molar-refractivity contribution is -0.139. The zero-order chi connectivity index (χ0) is 16.7. The van der Waals surface area contributed by atoms with Crippen LogP contribution in [0.15, 0.2) is 18.3 Å². The molecule has 2 saturated heterocycles. The molecule has 2 amide bonds. The van der Waals surface area contributed by atoms with Gasteiger partial charge in [-0.3, -0.25) is 9.59 Å². The summed E-state index contributed by atoms with van der Waals surface area (Å²) in [6.07, 6.45) is 7.49. The predicted molar refractivity (Wildman–Crippen MR) is 90.2 cm³/mol. The lowest BCUT2D eigenvalue weighted by Gasteiger charge is -2.47. The zero-order valence-electron chi connectivity index (χ0n) is 13.9. The van der Waals surface area contributed by atoms with Crippen molar-refractivity contribution in [2.45, 2.75) is 44.6 Å². The average molecular weight is 328 g/mol. The Morgan fingerprint density at radius 1 is 1.21 bits per heavy atom. The van der Waals surface area contributed by atoms with Gasteiger partial charge >= 0.3 is 0 Å². The van der Waals surface area contributed by atoms with Gasteiger partial charge in [0, 0.05) is 38.3 Å². The van der Waals surface area contributed by atoms with Crippen LogP contribution in [0.25, 0.3) is 0 Å². The molecule has 6 heteroatoms. The Morgan fingerprint density at radius 2 is 1.96 bits per heavy atom. The minimum absolute atomic E-state index is 0.0308. The number of hydrogen-bond donors (Lipinski definition) is 1. The van der Waals surface area contributed by atoms with Crippen molar-refractivity contribution in [2.24, 2.45) is 5.41 Å². The summed E-state index contributed by atoms with van der Waals surface area (Å²) in [7, 11) is 0. The van der Waals surface area contributed by atoms with Crippen LogP contribution in [-0.2, 0) is 4.79 Å².